The zero-order valence-corrected chi connectivity index (χ0v) is 13.4. The summed E-state index contributed by atoms with van der Waals surface area (Å²) in [5.41, 5.74) is 1.11. The summed E-state index contributed by atoms with van der Waals surface area (Å²) in [5.74, 6) is -0.138. The van der Waals surface area contributed by atoms with Gasteiger partial charge in [-0.2, -0.15) is 11.3 Å². The maximum absolute atomic E-state index is 12.5. The Bertz CT molecular complexity index is 534. The number of rotatable bonds is 3. The van der Waals surface area contributed by atoms with Crippen molar-refractivity contribution in [3.8, 4) is 0 Å². The van der Waals surface area contributed by atoms with Gasteiger partial charge in [-0.05, 0) is 29.3 Å². The van der Waals surface area contributed by atoms with Crippen LogP contribution in [0.15, 0.2) is 16.8 Å². The predicted octanol–water partition coefficient (Wildman–Crippen LogP) is 0.895. The van der Waals surface area contributed by atoms with E-state index >= 15 is 0 Å². The van der Waals surface area contributed by atoms with E-state index in [0.717, 1.165) is 5.56 Å². The minimum Gasteiger partial charge on any atom is -0.370 e. The number of morpholine rings is 2. The van der Waals surface area contributed by atoms with Crippen molar-refractivity contribution in [1.82, 2.24) is 9.80 Å². The van der Waals surface area contributed by atoms with E-state index < -0.39 is 0 Å². The molecule has 120 valence electrons. The third-order valence-corrected chi connectivity index (χ3v) is 4.64. The molecule has 2 amide bonds. The summed E-state index contributed by atoms with van der Waals surface area (Å²) in [5, 5.41) is 4.06. The molecule has 2 saturated heterocycles. The number of carbonyl (C=O) groups excluding carboxylic acids is 2. The molecular formula is C15H20N2O4S. The number of amides is 2. The quantitative estimate of drug-likeness (QED) is 0.829. The molecule has 2 atom stereocenters. The Hall–Kier alpha value is -1.44. The van der Waals surface area contributed by atoms with Crippen molar-refractivity contribution in [2.45, 2.75) is 19.1 Å². The first-order chi connectivity index (χ1) is 10.6. The fourth-order valence-electron chi connectivity index (χ4n) is 2.78. The largest absolute Gasteiger partial charge is 0.370 e. The van der Waals surface area contributed by atoms with Gasteiger partial charge in [0, 0.05) is 13.1 Å². The van der Waals surface area contributed by atoms with Crippen LogP contribution in [0.1, 0.15) is 18.6 Å². The van der Waals surface area contributed by atoms with Gasteiger partial charge < -0.3 is 19.3 Å². The number of hydrogen-bond acceptors (Lipinski definition) is 5. The van der Waals surface area contributed by atoms with E-state index in [1.165, 1.54) is 0 Å². The molecule has 3 rings (SSSR count). The molecule has 1 aromatic rings. The van der Waals surface area contributed by atoms with Gasteiger partial charge in [0.1, 0.15) is 12.7 Å². The number of thiophene rings is 1. The van der Waals surface area contributed by atoms with Crippen LogP contribution in [-0.2, 0) is 19.1 Å². The third-order valence-electron chi connectivity index (χ3n) is 3.94. The lowest BCUT2D eigenvalue weighted by atomic mass is 10.1. The highest BCUT2D eigenvalue weighted by Crippen LogP contribution is 2.26. The monoisotopic (exact) mass is 324 g/mol. The Morgan fingerprint density at radius 3 is 3.05 bits per heavy atom. The molecule has 0 spiro atoms. The van der Waals surface area contributed by atoms with E-state index in [1.807, 2.05) is 18.4 Å². The molecule has 22 heavy (non-hydrogen) atoms. The van der Waals surface area contributed by atoms with Gasteiger partial charge in [0.05, 0.1) is 25.8 Å². The van der Waals surface area contributed by atoms with Crippen molar-refractivity contribution >= 4 is 23.2 Å². The zero-order chi connectivity index (χ0) is 15.5. The second-order valence-electron chi connectivity index (χ2n) is 5.66. The van der Waals surface area contributed by atoms with E-state index in [-0.39, 0.29) is 37.2 Å². The van der Waals surface area contributed by atoms with Crippen LogP contribution in [0.5, 0.6) is 0 Å². The number of carbonyl (C=O) groups is 2. The molecule has 0 aliphatic carbocycles. The Morgan fingerprint density at radius 1 is 1.45 bits per heavy atom. The molecule has 0 aromatic carbocycles. The Kier molecular flexibility index (Phi) is 4.75. The number of hydrogen-bond donors (Lipinski definition) is 0. The summed E-state index contributed by atoms with van der Waals surface area (Å²) in [4.78, 5) is 27.6. The molecule has 2 fully saturated rings. The van der Waals surface area contributed by atoms with Crippen molar-refractivity contribution in [3.05, 3.63) is 22.4 Å². The summed E-state index contributed by atoms with van der Waals surface area (Å²) in [7, 11) is 0. The van der Waals surface area contributed by atoms with E-state index in [1.54, 1.807) is 21.1 Å². The third kappa shape index (κ3) is 3.48. The van der Waals surface area contributed by atoms with Gasteiger partial charge in [-0.1, -0.05) is 0 Å². The first-order valence-electron chi connectivity index (χ1n) is 7.44. The minimum atomic E-state index is -0.115. The zero-order valence-electron chi connectivity index (χ0n) is 12.6. The minimum absolute atomic E-state index is 0.0111. The van der Waals surface area contributed by atoms with Crippen molar-refractivity contribution < 1.29 is 19.1 Å². The smallest absolute Gasteiger partial charge is 0.249 e. The van der Waals surface area contributed by atoms with Crippen molar-refractivity contribution in [2.24, 2.45) is 0 Å². The fourth-order valence-corrected chi connectivity index (χ4v) is 3.48. The summed E-state index contributed by atoms with van der Waals surface area (Å²) >= 11 is 1.62. The van der Waals surface area contributed by atoms with E-state index in [0.29, 0.717) is 26.2 Å². The van der Waals surface area contributed by atoms with Crippen LogP contribution in [0.2, 0.25) is 0 Å². The van der Waals surface area contributed by atoms with Gasteiger partial charge in [-0.25, -0.2) is 0 Å². The molecule has 0 saturated carbocycles. The maximum Gasteiger partial charge on any atom is 0.249 e. The molecule has 7 heteroatoms. The highest BCUT2D eigenvalue weighted by atomic mass is 32.1. The number of nitrogens with zero attached hydrogens (tertiary/aromatic N) is 2. The maximum atomic E-state index is 12.5. The molecule has 2 aliphatic heterocycles. The van der Waals surface area contributed by atoms with Crippen molar-refractivity contribution in [1.29, 1.82) is 0 Å². The SMILES string of the molecule is CC1CN(C(=O)CN2CCOCC2=O)CC(c2ccsc2)O1. The summed E-state index contributed by atoms with van der Waals surface area (Å²) < 4.78 is 11.0. The Morgan fingerprint density at radius 2 is 2.32 bits per heavy atom. The highest BCUT2D eigenvalue weighted by molar-refractivity contribution is 7.07. The molecular weight excluding hydrogens is 304 g/mol. The van der Waals surface area contributed by atoms with Crippen LogP contribution in [0.4, 0.5) is 0 Å². The second kappa shape index (κ2) is 6.76. The van der Waals surface area contributed by atoms with Gasteiger partial charge in [0.15, 0.2) is 0 Å². The van der Waals surface area contributed by atoms with Gasteiger partial charge >= 0.3 is 0 Å². The van der Waals surface area contributed by atoms with Crippen molar-refractivity contribution in [2.75, 3.05) is 39.4 Å². The molecule has 0 N–H and O–H groups in total. The second-order valence-corrected chi connectivity index (χ2v) is 6.44. The summed E-state index contributed by atoms with van der Waals surface area (Å²) in [6.45, 7) is 4.26. The molecule has 0 radical (unpaired) electrons. The first-order valence-corrected chi connectivity index (χ1v) is 8.38. The van der Waals surface area contributed by atoms with Gasteiger partial charge in [0.25, 0.3) is 0 Å². The fraction of sp³-hybridized carbons (Fsp3) is 0.600. The van der Waals surface area contributed by atoms with Crippen LogP contribution in [-0.4, -0.2) is 67.1 Å². The molecule has 0 bridgehead atoms. The molecule has 2 aliphatic rings. The summed E-state index contributed by atoms with van der Waals surface area (Å²) in [6.07, 6.45) is -0.0951. The molecule has 6 nitrogen and oxygen atoms in total. The first kappa shape index (κ1) is 15.5. The number of ether oxygens (including phenoxy) is 2. The molecule has 3 heterocycles. The molecule has 1 aromatic heterocycles. The van der Waals surface area contributed by atoms with E-state index in [9.17, 15) is 9.59 Å². The van der Waals surface area contributed by atoms with Gasteiger partial charge in [0.2, 0.25) is 11.8 Å². The lowest BCUT2D eigenvalue weighted by molar-refractivity contribution is -0.154. The average molecular weight is 324 g/mol. The van der Waals surface area contributed by atoms with Crippen LogP contribution in [0, 0.1) is 0 Å². The summed E-state index contributed by atoms with van der Waals surface area (Å²) in [6, 6.07) is 2.03. The van der Waals surface area contributed by atoms with E-state index in [4.69, 9.17) is 9.47 Å². The van der Waals surface area contributed by atoms with Gasteiger partial charge in [-0.3, -0.25) is 9.59 Å². The highest BCUT2D eigenvalue weighted by Gasteiger charge is 2.31. The van der Waals surface area contributed by atoms with Gasteiger partial charge in [-0.15, -0.1) is 0 Å². The average Bonchev–Trinajstić information content (AvgIpc) is 3.03. The lowest BCUT2D eigenvalue weighted by Crippen LogP contribution is -2.52. The van der Waals surface area contributed by atoms with Crippen molar-refractivity contribution in [3.63, 3.8) is 0 Å². The van der Waals surface area contributed by atoms with Crippen LogP contribution in [0.25, 0.3) is 0 Å². The Labute approximate surface area is 133 Å². The standard InChI is InChI=1S/C15H20N2O4S/c1-11-6-17(7-13(21-11)12-2-5-22-10-12)14(18)8-16-3-4-20-9-15(16)19/h2,5,10-11,13H,3-4,6-9H2,1H3. The topological polar surface area (TPSA) is 59.1 Å². The normalized spacial score (nSPS) is 26.3. The Balaban J connectivity index is 1.62. The van der Waals surface area contributed by atoms with Crippen LogP contribution >= 0.6 is 11.3 Å². The van der Waals surface area contributed by atoms with Crippen LogP contribution < -0.4 is 0 Å². The molecule has 2 unspecified atom stereocenters. The van der Waals surface area contributed by atoms with E-state index in [2.05, 4.69) is 5.38 Å². The van der Waals surface area contributed by atoms with Crippen LogP contribution in [0.3, 0.4) is 0 Å². The lowest BCUT2D eigenvalue weighted by Gasteiger charge is -2.38. The predicted molar refractivity (Wildman–Crippen MR) is 81.6 cm³/mol.